The van der Waals surface area contributed by atoms with Crippen LogP contribution in [0.25, 0.3) is 0 Å². The lowest BCUT2D eigenvalue weighted by molar-refractivity contribution is 0.350. The molecule has 13 heavy (non-hydrogen) atoms. The Morgan fingerprint density at radius 3 is 2.38 bits per heavy atom. The maximum atomic E-state index is 8.35. The average Bonchev–Trinajstić information content (AvgIpc) is 2.09. The second-order valence-electron chi connectivity index (χ2n) is 3.33. The Balaban J connectivity index is 3.30. The van der Waals surface area contributed by atoms with Crippen molar-refractivity contribution in [3.05, 3.63) is 0 Å². The van der Waals surface area contributed by atoms with E-state index in [1.54, 1.807) is 0 Å². The van der Waals surface area contributed by atoms with Gasteiger partial charge in [-0.05, 0) is 12.3 Å². The van der Waals surface area contributed by atoms with Gasteiger partial charge in [0, 0.05) is 6.42 Å². The minimum Gasteiger partial charge on any atom is -0.384 e. The number of rotatable bonds is 3. The Bertz CT molecular complexity index is 219. The first-order valence-electron chi connectivity index (χ1n) is 4.79. The van der Waals surface area contributed by atoms with E-state index in [0.717, 1.165) is 12.3 Å². The van der Waals surface area contributed by atoms with E-state index < -0.39 is 0 Å². The van der Waals surface area contributed by atoms with Crippen molar-refractivity contribution >= 4 is 0 Å². The van der Waals surface area contributed by atoms with E-state index in [2.05, 4.69) is 37.5 Å². The molecule has 0 saturated heterocycles. The lowest BCUT2D eigenvalue weighted by atomic mass is 10.1. The van der Waals surface area contributed by atoms with Crippen LogP contribution >= 0.6 is 0 Å². The third-order valence-electron chi connectivity index (χ3n) is 1.59. The summed E-state index contributed by atoms with van der Waals surface area (Å²) in [6.45, 7) is 4.38. The third-order valence-corrected chi connectivity index (χ3v) is 1.59. The summed E-state index contributed by atoms with van der Waals surface area (Å²) in [6.07, 6.45) is 3.98. The fraction of sp³-hybridized carbons (Fsp3) is 0.667. The van der Waals surface area contributed by atoms with Crippen LogP contribution < -0.4 is 0 Å². The largest absolute Gasteiger partial charge is 0.384 e. The summed E-state index contributed by atoms with van der Waals surface area (Å²) in [5.41, 5.74) is 0. The molecule has 1 N–H and O–H groups in total. The number of aliphatic hydroxyl groups excluding tert-OH is 1. The molecule has 0 aromatic rings. The maximum absolute atomic E-state index is 8.35. The van der Waals surface area contributed by atoms with E-state index >= 15 is 0 Å². The third kappa shape index (κ3) is 11.1. The van der Waals surface area contributed by atoms with Crippen LogP contribution in [0.2, 0.25) is 0 Å². The van der Waals surface area contributed by atoms with Crippen LogP contribution in [-0.4, -0.2) is 11.7 Å². The van der Waals surface area contributed by atoms with Crippen molar-refractivity contribution in [2.45, 2.75) is 39.5 Å². The Hall–Kier alpha value is -0.920. The lowest BCUT2D eigenvalue weighted by Crippen LogP contribution is -1.85. The quantitative estimate of drug-likeness (QED) is 0.519. The molecule has 0 aromatic heterocycles. The summed E-state index contributed by atoms with van der Waals surface area (Å²) in [5.74, 6) is 12.1. The van der Waals surface area contributed by atoms with Gasteiger partial charge in [-0.25, -0.2) is 0 Å². The molecule has 0 aromatic carbocycles. The van der Waals surface area contributed by atoms with Gasteiger partial charge in [0.1, 0.15) is 6.61 Å². The van der Waals surface area contributed by atoms with Crippen molar-refractivity contribution in [1.82, 2.24) is 0 Å². The molecule has 0 amide bonds. The molecule has 0 heterocycles. The molecule has 0 rings (SSSR count). The van der Waals surface area contributed by atoms with E-state index in [9.17, 15) is 0 Å². The number of hydrogen-bond donors (Lipinski definition) is 1. The van der Waals surface area contributed by atoms with Gasteiger partial charge >= 0.3 is 0 Å². The molecule has 0 radical (unpaired) electrons. The first-order chi connectivity index (χ1) is 6.27. The normalized spacial score (nSPS) is 8.62. The minimum absolute atomic E-state index is 0.0605. The zero-order valence-corrected chi connectivity index (χ0v) is 8.56. The van der Waals surface area contributed by atoms with Crippen LogP contribution in [-0.2, 0) is 0 Å². The summed E-state index contributed by atoms with van der Waals surface area (Å²) in [6, 6.07) is 0. The second kappa shape index (κ2) is 9.17. The molecular formula is C12H18O. The van der Waals surface area contributed by atoms with Gasteiger partial charge in [0.15, 0.2) is 0 Å². The van der Waals surface area contributed by atoms with Gasteiger partial charge in [0.05, 0.1) is 6.42 Å². The topological polar surface area (TPSA) is 20.2 Å². The van der Waals surface area contributed by atoms with Crippen molar-refractivity contribution in [3.8, 4) is 23.7 Å². The fourth-order valence-corrected chi connectivity index (χ4v) is 0.912. The zero-order valence-electron chi connectivity index (χ0n) is 8.56. The van der Waals surface area contributed by atoms with E-state index in [1.807, 2.05) is 0 Å². The van der Waals surface area contributed by atoms with E-state index in [0.29, 0.717) is 6.42 Å². The highest BCUT2D eigenvalue weighted by Gasteiger charge is 1.90. The molecule has 72 valence electrons. The molecule has 0 aliphatic heterocycles. The molecule has 0 saturated carbocycles. The van der Waals surface area contributed by atoms with Gasteiger partial charge < -0.3 is 5.11 Å². The highest BCUT2D eigenvalue weighted by molar-refractivity contribution is 5.11. The molecule has 1 heteroatoms. The molecule has 0 aliphatic carbocycles. The molecule has 0 unspecified atom stereocenters. The van der Waals surface area contributed by atoms with Crippen molar-refractivity contribution in [3.63, 3.8) is 0 Å². The SMILES string of the molecule is CC(C)CCCC#CCC#CCO. The molecule has 0 aliphatic rings. The van der Waals surface area contributed by atoms with Crippen LogP contribution in [0.15, 0.2) is 0 Å². The molecule has 1 nitrogen and oxygen atoms in total. The highest BCUT2D eigenvalue weighted by Crippen LogP contribution is 2.04. The first-order valence-corrected chi connectivity index (χ1v) is 4.79. The van der Waals surface area contributed by atoms with Crippen LogP contribution in [0.3, 0.4) is 0 Å². The molecular weight excluding hydrogens is 160 g/mol. The van der Waals surface area contributed by atoms with Crippen molar-refractivity contribution < 1.29 is 5.11 Å². The van der Waals surface area contributed by atoms with Crippen molar-refractivity contribution in [1.29, 1.82) is 0 Å². The van der Waals surface area contributed by atoms with Gasteiger partial charge in [-0.1, -0.05) is 38.0 Å². The van der Waals surface area contributed by atoms with E-state index in [4.69, 9.17) is 5.11 Å². The molecule has 0 spiro atoms. The predicted molar refractivity (Wildman–Crippen MR) is 55.9 cm³/mol. The van der Waals surface area contributed by atoms with Crippen LogP contribution in [0, 0.1) is 29.6 Å². The Kier molecular flexibility index (Phi) is 8.52. The Morgan fingerprint density at radius 1 is 1.08 bits per heavy atom. The Labute approximate surface area is 81.5 Å². The fourth-order valence-electron chi connectivity index (χ4n) is 0.912. The van der Waals surface area contributed by atoms with Gasteiger partial charge in [-0.3, -0.25) is 0 Å². The summed E-state index contributed by atoms with van der Waals surface area (Å²) in [4.78, 5) is 0. The molecule has 0 bridgehead atoms. The number of aliphatic hydroxyl groups is 1. The molecule has 0 atom stereocenters. The standard InChI is InChI=1S/C12H18O/c1-12(2)10-8-6-4-3-5-7-9-11-13/h12-13H,5-6,8,10-11H2,1-2H3. The van der Waals surface area contributed by atoms with E-state index in [1.165, 1.54) is 12.8 Å². The number of hydrogen-bond acceptors (Lipinski definition) is 1. The first kappa shape index (κ1) is 12.1. The lowest BCUT2D eigenvalue weighted by Gasteiger charge is -1.98. The smallest absolute Gasteiger partial charge is 0.104 e. The molecule has 0 fully saturated rings. The highest BCUT2D eigenvalue weighted by atomic mass is 16.2. The van der Waals surface area contributed by atoms with Crippen LogP contribution in [0.1, 0.15) is 39.5 Å². The van der Waals surface area contributed by atoms with Gasteiger partial charge in [0.2, 0.25) is 0 Å². The van der Waals surface area contributed by atoms with E-state index in [-0.39, 0.29) is 6.61 Å². The van der Waals surface area contributed by atoms with Crippen LogP contribution in [0.4, 0.5) is 0 Å². The zero-order chi connectivity index (χ0) is 9.94. The second-order valence-corrected chi connectivity index (χ2v) is 3.33. The summed E-state index contributed by atoms with van der Waals surface area (Å²) < 4.78 is 0. The minimum atomic E-state index is -0.0605. The van der Waals surface area contributed by atoms with Gasteiger partial charge in [-0.15, -0.1) is 5.92 Å². The Morgan fingerprint density at radius 2 is 1.77 bits per heavy atom. The van der Waals surface area contributed by atoms with Crippen molar-refractivity contribution in [2.75, 3.05) is 6.61 Å². The predicted octanol–water partition coefficient (Wildman–Crippen LogP) is 2.20. The van der Waals surface area contributed by atoms with Gasteiger partial charge in [-0.2, -0.15) is 0 Å². The summed E-state index contributed by atoms with van der Waals surface area (Å²) in [7, 11) is 0. The van der Waals surface area contributed by atoms with Gasteiger partial charge in [0.25, 0.3) is 0 Å². The summed E-state index contributed by atoms with van der Waals surface area (Å²) in [5, 5.41) is 8.35. The maximum Gasteiger partial charge on any atom is 0.104 e. The monoisotopic (exact) mass is 178 g/mol. The van der Waals surface area contributed by atoms with Crippen LogP contribution in [0.5, 0.6) is 0 Å². The summed E-state index contributed by atoms with van der Waals surface area (Å²) >= 11 is 0. The average molecular weight is 178 g/mol. The van der Waals surface area contributed by atoms with Crippen molar-refractivity contribution in [2.24, 2.45) is 5.92 Å². The number of unbranched alkanes of at least 4 members (excludes halogenated alkanes) is 1.